The first-order valence-electron chi connectivity index (χ1n) is 19.7. The lowest BCUT2D eigenvalue weighted by Gasteiger charge is -2.26. The summed E-state index contributed by atoms with van der Waals surface area (Å²) in [6.45, 7) is 6.31. The molecule has 0 saturated carbocycles. The Morgan fingerprint density at radius 2 is 1.23 bits per heavy atom. The fourth-order valence-electron chi connectivity index (χ4n) is 8.61. The second kappa shape index (κ2) is 17.1. The predicted molar refractivity (Wildman–Crippen MR) is 226 cm³/mol. The second-order valence-electron chi connectivity index (χ2n) is 15.7. The summed E-state index contributed by atoms with van der Waals surface area (Å²) in [7, 11) is -3.03. The molecular formula is C45H46N2O11S2. The van der Waals surface area contributed by atoms with Gasteiger partial charge in [-0.3, -0.25) is 14.1 Å². The van der Waals surface area contributed by atoms with Crippen LogP contribution in [0.2, 0.25) is 0 Å². The Morgan fingerprint density at radius 3 is 1.82 bits per heavy atom. The third-order valence-electron chi connectivity index (χ3n) is 11.8. The number of thiol groups is 1. The number of hydrogen-bond acceptors (Lipinski definition) is 11. The molecule has 0 aliphatic carbocycles. The number of rotatable bonds is 13. The minimum Gasteiger partial charge on any atom is -0.493 e. The average Bonchev–Trinajstić information content (AvgIpc) is 3.83. The zero-order valence-electron chi connectivity index (χ0n) is 33.6. The zero-order chi connectivity index (χ0) is 42.3. The molecule has 4 aromatic carbocycles. The maximum Gasteiger partial charge on any atom is 0.270 e. The van der Waals surface area contributed by atoms with Crippen LogP contribution >= 0.6 is 12.9 Å². The lowest BCUT2D eigenvalue weighted by molar-refractivity contribution is -0.479. The van der Waals surface area contributed by atoms with Crippen LogP contribution in [0.3, 0.4) is 0 Å². The van der Waals surface area contributed by atoms with Crippen molar-refractivity contribution in [2.24, 2.45) is 0 Å². The number of carbonyl (C=O) groups is 2. The molecule has 2 amide bonds. The van der Waals surface area contributed by atoms with Crippen molar-refractivity contribution in [2.45, 2.75) is 76.3 Å². The molecule has 13 nitrogen and oxygen atoms in total. The average molecular weight is 855 g/mol. The van der Waals surface area contributed by atoms with Gasteiger partial charge in [-0.25, -0.2) is 0 Å². The highest BCUT2D eigenvalue weighted by atomic mass is 32.2. The van der Waals surface area contributed by atoms with E-state index in [4.69, 9.17) is 24.1 Å². The van der Waals surface area contributed by atoms with E-state index in [-0.39, 0.29) is 37.5 Å². The molecule has 0 bridgehead atoms. The fraction of sp³-hybridized carbons (Fsp3) is 0.333. The summed E-state index contributed by atoms with van der Waals surface area (Å²) in [5.74, 6) is 0.776. The number of methoxy groups -OCH3 is 1. The third-order valence-corrected chi connectivity index (χ3v) is 13.1. The summed E-state index contributed by atoms with van der Waals surface area (Å²) in [5.41, 5.74) is 8.65. The van der Waals surface area contributed by atoms with Crippen molar-refractivity contribution in [3.05, 3.63) is 135 Å². The number of benzene rings is 4. The maximum absolute atomic E-state index is 14.1. The van der Waals surface area contributed by atoms with Gasteiger partial charge in [-0.15, -0.1) is 4.33 Å². The van der Waals surface area contributed by atoms with Crippen LogP contribution in [0.15, 0.2) is 85.2 Å². The van der Waals surface area contributed by atoms with Gasteiger partial charge in [-0.2, -0.15) is 13.3 Å². The molecule has 0 fully saturated rings. The number of amides is 2. The molecule has 0 spiro atoms. The van der Waals surface area contributed by atoms with Gasteiger partial charge in [0.05, 0.1) is 32.4 Å². The van der Waals surface area contributed by atoms with E-state index < -0.39 is 27.5 Å². The van der Waals surface area contributed by atoms with Crippen LogP contribution < -0.4 is 14.2 Å². The quantitative estimate of drug-likeness (QED) is 0.0345. The van der Waals surface area contributed by atoms with E-state index in [1.54, 1.807) is 35.4 Å². The van der Waals surface area contributed by atoms with Crippen molar-refractivity contribution in [1.29, 1.82) is 0 Å². The van der Waals surface area contributed by atoms with Crippen LogP contribution in [-0.4, -0.2) is 78.3 Å². The Labute approximate surface area is 354 Å². The van der Waals surface area contributed by atoms with Gasteiger partial charge in [0.1, 0.15) is 17.1 Å². The van der Waals surface area contributed by atoms with Crippen molar-refractivity contribution in [3.63, 3.8) is 0 Å². The molecule has 8 rings (SSSR count). The molecule has 1 N–H and O–H groups in total. The molecule has 4 atom stereocenters. The van der Waals surface area contributed by atoms with Crippen LogP contribution in [0, 0.1) is 20.8 Å². The number of carbonyl (C=O) groups excluding carboxylic acids is 2. The lowest BCUT2D eigenvalue weighted by Crippen LogP contribution is -2.43. The Morgan fingerprint density at radius 1 is 0.700 bits per heavy atom. The predicted octanol–water partition coefficient (Wildman–Crippen LogP) is 7.44. The van der Waals surface area contributed by atoms with Crippen LogP contribution in [-0.2, 0) is 37.2 Å². The van der Waals surface area contributed by atoms with Gasteiger partial charge >= 0.3 is 0 Å². The Balaban J connectivity index is 0.959. The van der Waals surface area contributed by atoms with Crippen molar-refractivity contribution in [3.8, 4) is 17.2 Å². The van der Waals surface area contributed by atoms with E-state index in [2.05, 4.69) is 17.2 Å². The fourth-order valence-corrected chi connectivity index (χ4v) is 9.66. The summed E-state index contributed by atoms with van der Waals surface area (Å²) in [5, 5.41) is 3.60. The van der Waals surface area contributed by atoms with E-state index >= 15 is 0 Å². The first kappa shape index (κ1) is 41.6. The molecule has 0 radical (unpaired) electrons. The van der Waals surface area contributed by atoms with Gasteiger partial charge < -0.3 is 24.0 Å². The Bertz CT molecular complexity index is 2490. The minimum atomic E-state index is -4.54. The smallest absolute Gasteiger partial charge is 0.270 e. The van der Waals surface area contributed by atoms with Crippen LogP contribution in [0.5, 0.6) is 17.2 Å². The highest BCUT2D eigenvalue weighted by Crippen LogP contribution is 2.42. The molecule has 0 aromatic heterocycles. The van der Waals surface area contributed by atoms with Crippen molar-refractivity contribution < 1.29 is 51.0 Å². The second-order valence-corrected chi connectivity index (χ2v) is 17.5. The van der Waals surface area contributed by atoms with Gasteiger partial charge in [-0.05, 0) is 103 Å². The van der Waals surface area contributed by atoms with Crippen molar-refractivity contribution >= 4 is 46.0 Å². The van der Waals surface area contributed by atoms with Gasteiger partial charge in [-0.1, -0.05) is 64.7 Å². The summed E-state index contributed by atoms with van der Waals surface area (Å²) in [6.07, 6.45) is 4.50. The molecule has 4 aliphatic heterocycles. The highest BCUT2D eigenvalue weighted by molar-refractivity contribution is 7.86. The first-order valence-corrected chi connectivity index (χ1v) is 21.6. The van der Waals surface area contributed by atoms with Crippen molar-refractivity contribution in [2.75, 3.05) is 20.3 Å². The number of ether oxygens (including phenoxy) is 3. The molecule has 4 aliphatic rings. The molecule has 4 heterocycles. The maximum atomic E-state index is 14.1. The number of nitrogens with zero attached hydrogens (tertiary/aromatic N) is 2. The number of aryl methyl sites for hydroxylation is 3. The molecule has 60 heavy (non-hydrogen) atoms. The summed E-state index contributed by atoms with van der Waals surface area (Å²) in [6, 6.07) is 21.7. The Hall–Kier alpha value is -5.16. The number of fused-ring (bicyclic) bond motifs is 4. The van der Waals surface area contributed by atoms with Crippen molar-refractivity contribution in [1.82, 2.24) is 9.80 Å². The zero-order valence-corrected chi connectivity index (χ0v) is 35.3. The molecule has 2 unspecified atom stereocenters. The number of hydrogen-bond donors (Lipinski definition) is 2. The van der Waals surface area contributed by atoms with Crippen LogP contribution in [0.25, 0.3) is 11.1 Å². The van der Waals surface area contributed by atoms with E-state index in [1.165, 1.54) is 12.0 Å². The minimum absolute atomic E-state index is 0.0567. The van der Waals surface area contributed by atoms with Crippen LogP contribution in [0.4, 0.5) is 0 Å². The van der Waals surface area contributed by atoms with E-state index in [1.807, 2.05) is 75.5 Å². The monoisotopic (exact) mass is 854 g/mol. The summed E-state index contributed by atoms with van der Waals surface area (Å²) < 4.78 is 58.6. The third kappa shape index (κ3) is 8.29. The van der Waals surface area contributed by atoms with Gasteiger partial charge in [0.2, 0.25) is 0 Å². The topological polar surface area (TPSA) is 150 Å². The summed E-state index contributed by atoms with van der Waals surface area (Å²) >= 11 is 3.66. The van der Waals surface area contributed by atoms with Gasteiger partial charge in [0, 0.05) is 49.3 Å². The van der Waals surface area contributed by atoms with E-state index in [9.17, 15) is 22.6 Å². The lowest BCUT2D eigenvalue weighted by atomic mass is 9.95. The summed E-state index contributed by atoms with van der Waals surface area (Å²) in [4.78, 5) is 36.8. The van der Waals surface area contributed by atoms with E-state index in [0.717, 1.165) is 33.4 Å². The molecule has 15 heteroatoms. The molecular weight excluding hydrogens is 809 g/mol. The van der Waals surface area contributed by atoms with Gasteiger partial charge in [0.15, 0.2) is 11.5 Å². The van der Waals surface area contributed by atoms with E-state index in [0.29, 0.717) is 70.7 Å². The molecule has 314 valence electrons. The van der Waals surface area contributed by atoms with Gasteiger partial charge in [0.25, 0.3) is 21.9 Å². The molecule has 0 saturated heterocycles. The van der Waals surface area contributed by atoms with Crippen LogP contribution in [0.1, 0.15) is 78.9 Å². The largest absolute Gasteiger partial charge is 0.493 e. The Kier molecular flexibility index (Phi) is 11.8. The SMILES string of the molecule is COc1cc2c(cc1OCCCOc1cc3c(cc1C)C(=O)N1C=C(c4ccc(C)cc4)C[C@H]1C(S(=O)(=O)O)C3)CC(OOOS)[C@@H]1CC(c3ccc(C)cc3)=CN1C2=O. The highest BCUT2D eigenvalue weighted by Gasteiger charge is 2.45. The first-order chi connectivity index (χ1) is 28.8. The normalized spacial score (nSPS) is 21.0. The standard InChI is InChI=1S/C45H46N2O11S2/c1-26-6-10-29(11-7-26)33-17-37-40(56-57-58-59)20-31-21-42(41(53-4)23-36(31)45(49)46(37)24-33)55-15-5-14-54-39-19-32-22-43(60(50,51)52)38-18-34(30-12-8-27(2)9-13-30)25-47(38)44(48)35(32)16-28(39)3/h6-13,16,19,21,23-25,37-38,40,43,59H,5,14-15,17-18,20,22H2,1-4H3,(H,50,51,52)/t37-,38-,40?,43?/m0/s1. The molecule has 4 aromatic rings.